The number of aryl methyl sites for hydroxylation is 1. The van der Waals surface area contributed by atoms with E-state index >= 15 is 0 Å². The van der Waals surface area contributed by atoms with E-state index in [-0.39, 0.29) is 0 Å². The van der Waals surface area contributed by atoms with E-state index in [1.54, 1.807) is 13.2 Å². The van der Waals surface area contributed by atoms with Crippen LogP contribution in [-0.4, -0.2) is 17.6 Å². The molecule has 5 rings (SSSR count). The molecule has 1 unspecified atom stereocenters. The predicted molar refractivity (Wildman–Crippen MR) is 132 cm³/mol. The number of para-hydroxylation sites is 1. The van der Waals surface area contributed by atoms with Crippen molar-refractivity contribution in [3.8, 4) is 0 Å². The molecule has 1 aliphatic rings. The number of carboxylic acids is 1. The summed E-state index contributed by atoms with van der Waals surface area (Å²) in [6.45, 7) is 4.35. The molecule has 0 saturated carbocycles. The van der Waals surface area contributed by atoms with Gasteiger partial charge in [-0.05, 0) is 48.6 Å². The molecule has 0 saturated heterocycles. The number of carbonyl (C=O) groups is 1. The summed E-state index contributed by atoms with van der Waals surface area (Å²) in [5, 5.41) is 13.7. The summed E-state index contributed by atoms with van der Waals surface area (Å²) in [7, 11) is 0. The Morgan fingerprint density at radius 2 is 1.97 bits per heavy atom. The molecule has 0 radical (unpaired) electrons. The number of hydrogen-bond donors (Lipinski definition) is 2. The number of anilines is 2. The first-order valence-corrected chi connectivity index (χ1v) is 11.5. The van der Waals surface area contributed by atoms with Gasteiger partial charge in [0.1, 0.15) is 5.58 Å². The molecular formula is C28H28N2O3. The van der Waals surface area contributed by atoms with E-state index in [0.29, 0.717) is 17.7 Å². The summed E-state index contributed by atoms with van der Waals surface area (Å²) in [6.07, 6.45) is 3.84. The molecule has 3 aromatic carbocycles. The summed E-state index contributed by atoms with van der Waals surface area (Å²) >= 11 is 0. The topological polar surface area (TPSA) is 65.7 Å². The van der Waals surface area contributed by atoms with Crippen molar-refractivity contribution in [2.24, 2.45) is 0 Å². The van der Waals surface area contributed by atoms with Crippen LogP contribution in [-0.2, 0) is 24.3 Å². The molecule has 0 aliphatic carbocycles. The van der Waals surface area contributed by atoms with Gasteiger partial charge in [-0.25, -0.2) is 0 Å². The van der Waals surface area contributed by atoms with Gasteiger partial charge in [0, 0.05) is 48.0 Å². The van der Waals surface area contributed by atoms with Crippen molar-refractivity contribution in [2.45, 2.75) is 38.8 Å². The number of hydrogen-bond acceptors (Lipinski definition) is 4. The molecule has 0 amide bonds. The molecule has 1 atom stereocenters. The zero-order chi connectivity index (χ0) is 22.8. The Morgan fingerprint density at radius 1 is 1.12 bits per heavy atom. The fourth-order valence-electron chi connectivity index (χ4n) is 4.75. The molecule has 33 heavy (non-hydrogen) atoms. The fourth-order valence-corrected chi connectivity index (χ4v) is 4.75. The van der Waals surface area contributed by atoms with Gasteiger partial charge in [-0.15, -0.1) is 0 Å². The van der Waals surface area contributed by atoms with Crippen LogP contribution in [0.3, 0.4) is 0 Å². The Kier molecular flexibility index (Phi) is 5.78. The van der Waals surface area contributed by atoms with Gasteiger partial charge < -0.3 is 19.7 Å². The van der Waals surface area contributed by atoms with Crippen molar-refractivity contribution in [1.82, 2.24) is 0 Å². The highest BCUT2D eigenvalue weighted by Gasteiger charge is 2.21. The highest BCUT2D eigenvalue weighted by molar-refractivity contribution is 5.89. The van der Waals surface area contributed by atoms with E-state index < -0.39 is 11.9 Å². The molecule has 2 heterocycles. The van der Waals surface area contributed by atoms with Crippen molar-refractivity contribution < 1.29 is 14.3 Å². The molecule has 1 aromatic heterocycles. The normalized spacial score (nSPS) is 14.2. The van der Waals surface area contributed by atoms with Gasteiger partial charge in [-0.3, -0.25) is 4.79 Å². The van der Waals surface area contributed by atoms with Crippen LogP contribution in [0.5, 0.6) is 0 Å². The molecular weight excluding hydrogens is 412 g/mol. The summed E-state index contributed by atoms with van der Waals surface area (Å²) in [4.78, 5) is 13.9. The monoisotopic (exact) mass is 440 g/mol. The van der Waals surface area contributed by atoms with Crippen LogP contribution < -0.4 is 10.2 Å². The number of aliphatic carboxylic acids is 1. The third-order valence-corrected chi connectivity index (χ3v) is 6.54. The Bertz CT molecular complexity index is 1280. The second-order valence-corrected chi connectivity index (χ2v) is 8.75. The molecule has 168 valence electrons. The van der Waals surface area contributed by atoms with Crippen molar-refractivity contribution >= 4 is 28.3 Å². The van der Waals surface area contributed by atoms with Crippen LogP contribution >= 0.6 is 0 Å². The van der Waals surface area contributed by atoms with Crippen LogP contribution in [0.4, 0.5) is 11.4 Å². The van der Waals surface area contributed by atoms with Gasteiger partial charge in [0.2, 0.25) is 0 Å². The maximum absolute atomic E-state index is 11.4. The van der Waals surface area contributed by atoms with Crippen LogP contribution in [0.25, 0.3) is 11.0 Å². The van der Waals surface area contributed by atoms with Gasteiger partial charge in [-0.2, -0.15) is 0 Å². The van der Waals surface area contributed by atoms with Gasteiger partial charge in [0.05, 0.1) is 12.2 Å². The fraction of sp³-hybridized carbons (Fsp3) is 0.250. The van der Waals surface area contributed by atoms with Crippen molar-refractivity contribution in [1.29, 1.82) is 0 Å². The molecule has 5 heteroatoms. The number of fused-ring (bicyclic) bond motifs is 2. The van der Waals surface area contributed by atoms with Crippen LogP contribution in [0.2, 0.25) is 0 Å². The molecule has 5 nitrogen and oxygen atoms in total. The highest BCUT2D eigenvalue weighted by Crippen LogP contribution is 2.34. The smallest absolute Gasteiger partial charge is 0.310 e. The molecule has 0 fully saturated rings. The molecule has 2 N–H and O–H groups in total. The summed E-state index contributed by atoms with van der Waals surface area (Å²) in [5.74, 6) is -1.45. The zero-order valence-electron chi connectivity index (χ0n) is 18.8. The predicted octanol–water partition coefficient (Wildman–Crippen LogP) is 6.19. The molecule has 1 aliphatic heterocycles. The Balaban J connectivity index is 1.37. The maximum Gasteiger partial charge on any atom is 0.310 e. The number of carboxylic acid groups (broad SMARTS) is 1. The molecule has 0 bridgehead atoms. The standard InChI is InChI=1S/C28H28N2O3/c1-19(28(31)32)25-18-33-26-15-23(12-13-24(25)26)29-16-22-10-5-9-21-11-6-14-30(27(21)22)17-20-7-3-2-4-8-20/h2-5,7-10,12-13,15,18-19,29H,6,11,14,16-17H2,1H3,(H,31,32). The lowest BCUT2D eigenvalue weighted by atomic mass is 9.97. The Hall–Kier alpha value is -3.73. The van der Waals surface area contributed by atoms with E-state index in [1.807, 2.05) is 18.2 Å². The number of nitrogens with zero attached hydrogens (tertiary/aromatic N) is 1. The van der Waals surface area contributed by atoms with E-state index in [2.05, 4.69) is 58.7 Å². The van der Waals surface area contributed by atoms with E-state index in [1.165, 1.54) is 28.8 Å². The first kappa shape index (κ1) is 21.1. The lowest BCUT2D eigenvalue weighted by molar-refractivity contribution is -0.138. The van der Waals surface area contributed by atoms with Gasteiger partial charge in [0.15, 0.2) is 0 Å². The largest absolute Gasteiger partial charge is 0.481 e. The number of benzene rings is 3. The van der Waals surface area contributed by atoms with Gasteiger partial charge in [-0.1, -0.05) is 48.5 Å². The van der Waals surface area contributed by atoms with E-state index in [9.17, 15) is 9.90 Å². The average Bonchev–Trinajstić information content (AvgIpc) is 3.26. The third-order valence-electron chi connectivity index (χ3n) is 6.54. The second-order valence-electron chi connectivity index (χ2n) is 8.75. The van der Waals surface area contributed by atoms with E-state index in [0.717, 1.165) is 30.6 Å². The minimum Gasteiger partial charge on any atom is -0.481 e. The third kappa shape index (κ3) is 4.31. The lowest BCUT2D eigenvalue weighted by Gasteiger charge is -2.33. The van der Waals surface area contributed by atoms with E-state index in [4.69, 9.17) is 4.42 Å². The van der Waals surface area contributed by atoms with Crippen LogP contribution in [0.1, 0.15) is 41.5 Å². The average molecular weight is 441 g/mol. The summed E-state index contributed by atoms with van der Waals surface area (Å²) in [5.41, 5.74) is 7.71. The van der Waals surface area contributed by atoms with Crippen molar-refractivity contribution in [3.05, 3.63) is 95.2 Å². The van der Waals surface area contributed by atoms with Crippen molar-refractivity contribution in [3.63, 3.8) is 0 Å². The maximum atomic E-state index is 11.4. The SMILES string of the molecule is CC(C(=O)O)c1coc2cc(NCc3cccc4c3N(Cc3ccccc3)CCC4)ccc12. The Labute approximate surface area is 193 Å². The van der Waals surface area contributed by atoms with Crippen LogP contribution in [0.15, 0.2) is 77.4 Å². The molecule has 4 aromatic rings. The number of rotatable bonds is 7. The van der Waals surface area contributed by atoms with Gasteiger partial charge >= 0.3 is 5.97 Å². The number of nitrogens with one attached hydrogen (secondary N) is 1. The minimum atomic E-state index is -0.853. The zero-order valence-corrected chi connectivity index (χ0v) is 18.8. The summed E-state index contributed by atoms with van der Waals surface area (Å²) in [6, 6.07) is 23.1. The summed E-state index contributed by atoms with van der Waals surface area (Å²) < 4.78 is 5.68. The minimum absolute atomic E-state index is 0.600. The van der Waals surface area contributed by atoms with Crippen LogP contribution in [0, 0.1) is 0 Å². The van der Waals surface area contributed by atoms with Crippen molar-refractivity contribution in [2.75, 3.05) is 16.8 Å². The molecule has 0 spiro atoms. The lowest BCUT2D eigenvalue weighted by Crippen LogP contribution is -2.30. The first-order valence-electron chi connectivity index (χ1n) is 11.5. The quantitative estimate of drug-likeness (QED) is 0.359. The number of furan rings is 1. The highest BCUT2D eigenvalue weighted by atomic mass is 16.4. The van der Waals surface area contributed by atoms with Gasteiger partial charge in [0.25, 0.3) is 0 Å². The first-order chi connectivity index (χ1) is 16.1. The Morgan fingerprint density at radius 3 is 2.79 bits per heavy atom. The second kappa shape index (κ2) is 9.02.